The van der Waals surface area contributed by atoms with Crippen LogP contribution in [0.3, 0.4) is 0 Å². The molecule has 0 unspecified atom stereocenters. The van der Waals surface area contributed by atoms with Crippen molar-refractivity contribution in [2.75, 3.05) is 26.4 Å². The molecule has 10 aromatic carbocycles. The molecule has 10 aromatic rings. The summed E-state index contributed by atoms with van der Waals surface area (Å²) in [5.74, 6) is 1.50. The summed E-state index contributed by atoms with van der Waals surface area (Å²) in [5.41, 5.74) is 6.78. The fraction of sp³-hybridized carbons (Fsp3) is 0.300. The van der Waals surface area contributed by atoms with Gasteiger partial charge in [-0.15, -0.1) is 0 Å². The fourth-order valence-electron chi connectivity index (χ4n) is 12.3. The van der Waals surface area contributed by atoms with Crippen LogP contribution >= 0.6 is 0 Å². The normalized spacial score (nSPS) is 11.4. The topological polar surface area (TPSA) is 186 Å². The molecule has 0 fully saturated rings. The zero-order chi connectivity index (χ0) is 64.7. The number of phenolic OH excluding ortho intramolecular Hbond substituents is 4. The molecule has 0 amide bonds. The summed E-state index contributed by atoms with van der Waals surface area (Å²) in [6.07, 6.45) is 18.3. The minimum atomic E-state index is -0.364. The van der Waals surface area contributed by atoms with E-state index < -0.39 is 0 Å². The first-order chi connectivity index (χ1) is 44.9. The summed E-state index contributed by atoms with van der Waals surface area (Å²) in [5, 5.41) is 50.9. The van der Waals surface area contributed by atoms with Gasteiger partial charge in [0.25, 0.3) is 0 Å². The number of carbonyl (C=O) groups is 4. The second kappa shape index (κ2) is 30.9. The van der Waals surface area contributed by atoms with Crippen molar-refractivity contribution in [3.05, 3.63) is 156 Å². The van der Waals surface area contributed by atoms with Crippen molar-refractivity contribution < 1.29 is 58.6 Å². The minimum Gasteiger partial charge on any atom is -0.507 e. The summed E-state index contributed by atoms with van der Waals surface area (Å²) >= 11 is 0. The van der Waals surface area contributed by atoms with Crippen LogP contribution in [0.2, 0.25) is 0 Å². The molecule has 474 valence electrons. The second-order valence-electron chi connectivity index (χ2n) is 24.0. The van der Waals surface area contributed by atoms with E-state index in [2.05, 4.69) is 27.7 Å². The number of rotatable bonds is 33. The van der Waals surface area contributed by atoms with Crippen LogP contribution in [-0.4, -0.2) is 72.0 Å². The zero-order valence-electron chi connectivity index (χ0n) is 53.2. The van der Waals surface area contributed by atoms with E-state index in [0.717, 1.165) is 169 Å². The summed E-state index contributed by atoms with van der Waals surface area (Å²) < 4.78 is 26.9. The number of aldehydes is 4. The molecule has 92 heavy (non-hydrogen) atoms. The molecule has 0 aliphatic heterocycles. The lowest BCUT2D eigenvalue weighted by Crippen LogP contribution is -2.03. The standard InChI is InChI=1S/C80H82O12/c1-5-9-13-17-29-89-73-45-69(75(91-31-19-15-11-7-3)43-67(73)53-23-21-51-41-71(85)61(47-81)37-57(51)33-53)55-25-27-65-59(35-55)39-63(49-83)79(87)77(65)78-66-28-26-56(36-60(66)40-64(50-84)80(78)88)70-46-74(90-30-18-14-10-6-2)68(44-76(70)92-32-20-16-12-8-4)54-24-22-52-42-72(86)62(48-82)38-58(52)34-54/h21-28,33-50,85-88H,5-20,29-32H2,1-4H3. The van der Waals surface area contributed by atoms with Crippen LogP contribution in [0, 0.1) is 0 Å². The fourth-order valence-corrected chi connectivity index (χ4v) is 12.3. The highest BCUT2D eigenvalue weighted by Crippen LogP contribution is 2.51. The van der Waals surface area contributed by atoms with Crippen molar-refractivity contribution in [3.8, 4) is 102 Å². The summed E-state index contributed by atoms with van der Waals surface area (Å²) in [6.45, 7) is 10.5. The Morgan fingerprint density at radius 3 is 0.870 bits per heavy atom. The van der Waals surface area contributed by atoms with Crippen LogP contribution in [0.25, 0.3) is 98.7 Å². The molecule has 0 saturated heterocycles. The average molecular weight is 1240 g/mol. The summed E-state index contributed by atoms with van der Waals surface area (Å²) in [4.78, 5) is 50.2. The predicted octanol–water partition coefficient (Wildman–Crippen LogP) is 20.5. The Morgan fingerprint density at radius 2 is 0.576 bits per heavy atom. The number of aromatic hydroxyl groups is 4. The number of fused-ring (bicyclic) bond motifs is 4. The lowest BCUT2D eigenvalue weighted by Gasteiger charge is -2.21. The van der Waals surface area contributed by atoms with Gasteiger partial charge in [-0.05, 0) is 176 Å². The van der Waals surface area contributed by atoms with Crippen molar-refractivity contribution in [2.24, 2.45) is 0 Å². The number of carbonyl (C=O) groups excluding carboxylic acids is 4. The van der Waals surface area contributed by atoms with E-state index in [9.17, 15) is 39.6 Å². The van der Waals surface area contributed by atoms with Gasteiger partial charge in [-0.25, -0.2) is 0 Å². The molecule has 0 bridgehead atoms. The van der Waals surface area contributed by atoms with Gasteiger partial charge >= 0.3 is 0 Å². The van der Waals surface area contributed by atoms with Gasteiger partial charge in [-0.1, -0.05) is 153 Å². The van der Waals surface area contributed by atoms with E-state index in [1.807, 2.05) is 97.1 Å². The number of hydrogen-bond donors (Lipinski definition) is 4. The Bertz CT molecular complexity index is 4060. The van der Waals surface area contributed by atoms with Crippen LogP contribution in [0.1, 0.15) is 172 Å². The Balaban J connectivity index is 1.12. The monoisotopic (exact) mass is 1230 g/mol. The molecule has 0 aliphatic carbocycles. The van der Waals surface area contributed by atoms with Crippen molar-refractivity contribution >= 4 is 68.2 Å². The molecule has 0 aliphatic rings. The number of benzene rings is 10. The zero-order valence-corrected chi connectivity index (χ0v) is 53.2. The van der Waals surface area contributed by atoms with Crippen LogP contribution < -0.4 is 18.9 Å². The molecule has 12 heteroatoms. The molecule has 0 radical (unpaired) electrons. The van der Waals surface area contributed by atoms with Crippen LogP contribution in [-0.2, 0) is 0 Å². The highest BCUT2D eigenvalue weighted by Gasteiger charge is 2.26. The van der Waals surface area contributed by atoms with E-state index >= 15 is 0 Å². The third-order valence-electron chi connectivity index (χ3n) is 17.4. The van der Waals surface area contributed by atoms with E-state index in [-0.39, 0.29) is 56.4 Å². The van der Waals surface area contributed by atoms with E-state index in [1.54, 1.807) is 36.4 Å². The smallest absolute Gasteiger partial charge is 0.153 e. The molecule has 0 spiro atoms. The van der Waals surface area contributed by atoms with Gasteiger partial charge in [0.1, 0.15) is 46.0 Å². The molecule has 10 rings (SSSR count). The van der Waals surface area contributed by atoms with Crippen molar-refractivity contribution in [3.63, 3.8) is 0 Å². The quantitative estimate of drug-likeness (QED) is 0.0226. The molecule has 0 aromatic heterocycles. The van der Waals surface area contributed by atoms with Crippen LogP contribution in [0.15, 0.2) is 133 Å². The Kier molecular flexibility index (Phi) is 21.9. The lowest BCUT2D eigenvalue weighted by atomic mass is 9.87. The number of unbranched alkanes of at least 4 members (excludes halogenated alkanes) is 12. The highest BCUT2D eigenvalue weighted by molar-refractivity contribution is 6.15. The Labute approximate surface area is 538 Å². The summed E-state index contributed by atoms with van der Waals surface area (Å²) in [7, 11) is 0. The largest absolute Gasteiger partial charge is 0.507 e. The van der Waals surface area contributed by atoms with E-state index in [4.69, 9.17) is 18.9 Å². The number of ether oxygens (including phenoxy) is 4. The Hall–Kier alpha value is -9.68. The third-order valence-corrected chi connectivity index (χ3v) is 17.4. The maximum absolute atomic E-state index is 13.2. The van der Waals surface area contributed by atoms with Gasteiger partial charge < -0.3 is 39.4 Å². The predicted molar refractivity (Wildman–Crippen MR) is 370 cm³/mol. The molecule has 0 atom stereocenters. The van der Waals surface area contributed by atoms with Crippen LogP contribution in [0.4, 0.5) is 0 Å². The first kappa shape index (κ1) is 65.3. The molecule has 0 heterocycles. The number of hydrogen-bond acceptors (Lipinski definition) is 12. The van der Waals surface area contributed by atoms with Crippen molar-refractivity contribution in [2.45, 2.75) is 130 Å². The molecular formula is C80H82O12. The molecule has 12 nitrogen and oxygen atoms in total. The SMILES string of the molecule is CCCCCCOc1cc(-c2ccc3c(-c4c(O)c(C=O)cc5cc(-c6cc(OCCCCCC)c(-c7ccc8cc(O)c(C=O)cc8c7)cc6OCCCCCC)ccc45)c(O)c(C=O)cc3c2)c(OCCCCCC)cc1-c1ccc2cc(O)c(C=O)cc2c1. The first-order valence-electron chi connectivity index (χ1n) is 32.8. The van der Waals surface area contributed by atoms with E-state index in [0.29, 0.717) is 96.1 Å². The molecule has 4 N–H and O–H groups in total. The maximum Gasteiger partial charge on any atom is 0.153 e. The van der Waals surface area contributed by atoms with Crippen LogP contribution in [0.5, 0.6) is 46.0 Å². The van der Waals surface area contributed by atoms with Gasteiger partial charge in [0, 0.05) is 33.4 Å². The second-order valence-corrected chi connectivity index (χ2v) is 24.0. The van der Waals surface area contributed by atoms with E-state index in [1.165, 1.54) is 0 Å². The molecular weight excluding hydrogens is 1150 g/mol. The number of phenols is 4. The maximum atomic E-state index is 13.2. The van der Waals surface area contributed by atoms with Gasteiger partial charge in [0.2, 0.25) is 0 Å². The Morgan fingerprint density at radius 1 is 0.293 bits per heavy atom. The van der Waals surface area contributed by atoms with Gasteiger partial charge in [0.05, 0.1) is 48.7 Å². The van der Waals surface area contributed by atoms with Crippen molar-refractivity contribution in [1.82, 2.24) is 0 Å². The average Bonchev–Trinajstić information content (AvgIpc) is 0.742. The van der Waals surface area contributed by atoms with Gasteiger partial charge in [-0.2, -0.15) is 0 Å². The van der Waals surface area contributed by atoms with Gasteiger partial charge in [-0.3, -0.25) is 19.2 Å². The lowest BCUT2D eigenvalue weighted by molar-refractivity contribution is 0.111. The minimum absolute atomic E-state index is 0.0247. The van der Waals surface area contributed by atoms with Gasteiger partial charge in [0.15, 0.2) is 25.1 Å². The van der Waals surface area contributed by atoms with Crippen molar-refractivity contribution in [1.29, 1.82) is 0 Å². The summed E-state index contributed by atoms with van der Waals surface area (Å²) in [6, 6.07) is 40.9. The highest BCUT2D eigenvalue weighted by atomic mass is 16.5. The molecule has 0 saturated carbocycles. The first-order valence-corrected chi connectivity index (χ1v) is 32.8. The third kappa shape index (κ3) is 14.6.